The first-order valence-electron chi connectivity index (χ1n) is 9.48. The van der Waals surface area contributed by atoms with E-state index in [4.69, 9.17) is 14.3 Å². The first kappa shape index (κ1) is 37.3. The van der Waals surface area contributed by atoms with Gasteiger partial charge in [0.1, 0.15) is 0 Å². The maximum atomic E-state index is 11.2. The molecule has 0 aromatic heterocycles. The second-order valence-corrected chi connectivity index (χ2v) is 10.7. The molecule has 6 nitrogen and oxygen atoms in total. The third-order valence-electron chi connectivity index (χ3n) is 4.63. The third-order valence-corrected chi connectivity index (χ3v) is 8.10. The fourth-order valence-corrected chi connectivity index (χ4v) is 5.12. The summed E-state index contributed by atoms with van der Waals surface area (Å²) in [5.41, 5.74) is 4.20. The van der Waals surface area contributed by atoms with Gasteiger partial charge in [-0.3, -0.25) is 9.12 Å². The van der Waals surface area contributed by atoms with Gasteiger partial charge in [-0.15, -0.1) is 0 Å². The summed E-state index contributed by atoms with van der Waals surface area (Å²) in [5.74, 6) is 0. The summed E-state index contributed by atoms with van der Waals surface area (Å²) >= 11 is 0. The van der Waals surface area contributed by atoms with Crippen LogP contribution in [-0.4, -0.2) is 27.7 Å². The largest absolute Gasteiger partial charge is 1.00 e. The topological polar surface area (TPSA) is 112 Å². The van der Waals surface area contributed by atoms with Crippen molar-refractivity contribution in [2.24, 2.45) is 0 Å². The Bertz CT molecular complexity index is 988. The number of allylic oxidation sites excluding steroid dienone is 1. The van der Waals surface area contributed by atoms with E-state index in [9.17, 15) is 13.0 Å². The average Bonchev–Trinajstić information content (AvgIpc) is 2.64. The van der Waals surface area contributed by atoms with E-state index in [0.717, 1.165) is 23.1 Å². The van der Waals surface area contributed by atoms with Crippen molar-refractivity contribution < 1.29 is 186 Å². The molecule has 11 heteroatoms. The molecule has 0 fully saturated rings. The fourth-order valence-electron chi connectivity index (χ4n) is 2.98. The van der Waals surface area contributed by atoms with Crippen molar-refractivity contribution >= 4 is 23.8 Å². The minimum Gasteiger partial charge on any atom is -1.00 e. The van der Waals surface area contributed by atoms with Crippen molar-refractivity contribution in [1.29, 1.82) is 0 Å². The summed E-state index contributed by atoms with van der Waals surface area (Å²) in [6, 6.07) is 16.0. The van der Waals surface area contributed by atoms with Crippen LogP contribution in [0.3, 0.4) is 0 Å². The van der Waals surface area contributed by atoms with Crippen LogP contribution >= 0.6 is 7.60 Å². The van der Waals surface area contributed by atoms with Crippen LogP contribution in [0.2, 0.25) is 0 Å². The molecule has 164 valence electrons. The van der Waals surface area contributed by atoms with Crippen LogP contribution in [0.4, 0.5) is 0 Å². The van der Waals surface area contributed by atoms with E-state index in [0.29, 0.717) is 0 Å². The maximum absolute atomic E-state index is 11.2. The average molecular weight is 559 g/mol. The van der Waals surface area contributed by atoms with Gasteiger partial charge in [0.25, 0.3) is 10.1 Å². The SMILES string of the molecule is CCCCCc1ccc(-c2ccc(/C=C/CC(P(=O)(O)O)S(=O)(=O)O)cc2)cc1.[H-].[H-].[H-].[K+].[K+].[K+]. The summed E-state index contributed by atoms with van der Waals surface area (Å²) in [6.45, 7) is 2.19. The zero-order chi connectivity index (χ0) is 21.5. The Morgan fingerprint density at radius 1 is 0.938 bits per heavy atom. The van der Waals surface area contributed by atoms with Gasteiger partial charge < -0.3 is 14.1 Å². The number of rotatable bonds is 10. The van der Waals surface area contributed by atoms with Crippen LogP contribution in [0.15, 0.2) is 54.6 Å². The molecule has 0 saturated carbocycles. The molecule has 0 heterocycles. The minimum absolute atomic E-state index is 0. The first-order valence-corrected chi connectivity index (χ1v) is 12.7. The van der Waals surface area contributed by atoms with Crippen LogP contribution in [0.1, 0.15) is 48.0 Å². The minimum atomic E-state index is -4.97. The molecule has 2 rings (SSSR count). The van der Waals surface area contributed by atoms with Gasteiger partial charge in [-0.2, -0.15) is 8.42 Å². The first-order chi connectivity index (χ1) is 13.6. The number of unbranched alkanes of at least 4 members (excludes halogenated alkanes) is 2. The molecule has 2 aromatic carbocycles. The molecule has 1 atom stereocenters. The Balaban J connectivity index is -0.000000500. The van der Waals surface area contributed by atoms with Crippen molar-refractivity contribution in [3.63, 3.8) is 0 Å². The van der Waals surface area contributed by atoms with Crippen molar-refractivity contribution in [3.05, 3.63) is 65.7 Å². The van der Waals surface area contributed by atoms with Crippen molar-refractivity contribution in [2.45, 2.75) is 44.0 Å². The summed E-state index contributed by atoms with van der Waals surface area (Å²) in [6.07, 6.45) is 7.12. The van der Waals surface area contributed by atoms with Gasteiger partial charge in [-0.05, 0) is 41.5 Å². The second-order valence-electron chi connectivity index (χ2n) is 6.97. The van der Waals surface area contributed by atoms with E-state index >= 15 is 0 Å². The Labute approximate surface area is 323 Å². The molecular weight excluding hydrogens is 529 g/mol. The zero-order valence-electron chi connectivity index (χ0n) is 22.3. The maximum Gasteiger partial charge on any atom is 1.00 e. The Morgan fingerprint density at radius 2 is 1.44 bits per heavy atom. The van der Waals surface area contributed by atoms with E-state index in [1.165, 1.54) is 30.9 Å². The molecule has 32 heavy (non-hydrogen) atoms. The number of hydrogen-bond acceptors (Lipinski definition) is 3. The predicted molar refractivity (Wildman–Crippen MR) is 119 cm³/mol. The van der Waals surface area contributed by atoms with Crippen molar-refractivity contribution in [3.8, 4) is 11.1 Å². The van der Waals surface area contributed by atoms with E-state index in [1.54, 1.807) is 6.08 Å². The molecule has 3 N–H and O–H groups in total. The number of benzene rings is 2. The monoisotopic (exact) mass is 558 g/mol. The second kappa shape index (κ2) is 18.4. The number of hydrogen-bond donors (Lipinski definition) is 3. The fraction of sp³-hybridized carbons (Fsp3) is 0.333. The normalized spacial score (nSPS) is 12.4. The summed E-state index contributed by atoms with van der Waals surface area (Å²) < 4.78 is 42.5. The number of aryl methyl sites for hydroxylation is 1. The molecule has 0 amide bonds. The third kappa shape index (κ3) is 13.6. The van der Waals surface area contributed by atoms with Crippen molar-refractivity contribution in [2.75, 3.05) is 0 Å². The van der Waals surface area contributed by atoms with E-state index in [1.807, 2.05) is 24.3 Å². The zero-order valence-corrected chi connectivity index (χ0v) is 30.4. The molecule has 0 aliphatic rings. The molecule has 0 saturated heterocycles. The van der Waals surface area contributed by atoms with Gasteiger partial charge in [-0.1, -0.05) is 80.4 Å². The van der Waals surface area contributed by atoms with E-state index in [-0.39, 0.29) is 158 Å². The van der Waals surface area contributed by atoms with Gasteiger partial charge in [0.15, 0.2) is 4.99 Å². The van der Waals surface area contributed by atoms with Gasteiger partial charge >= 0.3 is 162 Å². The van der Waals surface area contributed by atoms with Crippen LogP contribution < -0.4 is 154 Å². The quantitative estimate of drug-likeness (QED) is 0.120. The summed E-state index contributed by atoms with van der Waals surface area (Å²) in [7, 11) is -9.81. The molecule has 0 spiro atoms. The van der Waals surface area contributed by atoms with Crippen molar-refractivity contribution in [1.82, 2.24) is 0 Å². The van der Waals surface area contributed by atoms with Crippen LogP contribution in [0.25, 0.3) is 17.2 Å². The predicted octanol–water partition coefficient (Wildman–Crippen LogP) is -3.77. The molecule has 0 aliphatic heterocycles. The molecule has 0 aliphatic carbocycles. The van der Waals surface area contributed by atoms with Crippen LogP contribution in [0, 0.1) is 0 Å². The van der Waals surface area contributed by atoms with E-state index in [2.05, 4.69) is 31.2 Å². The van der Waals surface area contributed by atoms with Gasteiger partial charge in [0.05, 0.1) is 0 Å². The Kier molecular flexibility index (Phi) is 21.5. The smallest absolute Gasteiger partial charge is 1.00 e. The van der Waals surface area contributed by atoms with Gasteiger partial charge in [0.2, 0.25) is 0 Å². The molecule has 0 radical (unpaired) electrons. The summed E-state index contributed by atoms with van der Waals surface area (Å²) in [4.78, 5) is 16.0. The van der Waals surface area contributed by atoms with Crippen LogP contribution in [0.5, 0.6) is 0 Å². The summed E-state index contributed by atoms with van der Waals surface area (Å²) in [5, 5.41) is 0. The molecular formula is C21H30K3O6PS. The standard InChI is InChI=1S/C21H27O6PS.3K.3H/c1-2-3-4-6-17-9-13-19(14-10-17)20-15-11-18(12-16-20)7-5-8-21(28(22,23)24)29(25,26)27;;;;;;/h5,7,9-16,21H,2-4,6,8H2,1H3,(H2,22,23,24)(H,25,26,27);;;;;;/q;3*+1;3*-1/b7-5+;;;;;;. The molecule has 0 bridgehead atoms. The Morgan fingerprint density at radius 3 is 1.88 bits per heavy atom. The van der Waals surface area contributed by atoms with Crippen LogP contribution in [-0.2, 0) is 21.1 Å². The molecule has 2 aromatic rings. The Hall–Kier alpha value is 3.15. The van der Waals surface area contributed by atoms with Gasteiger partial charge in [-0.25, -0.2) is 0 Å². The van der Waals surface area contributed by atoms with Gasteiger partial charge in [0, 0.05) is 0 Å². The molecule has 1 unspecified atom stereocenters. The van der Waals surface area contributed by atoms with E-state index < -0.39 is 29.1 Å².